The van der Waals surface area contributed by atoms with Crippen LogP contribution in [0.3, 0.4) is 0 Å². The van der Waals surface area contributed by atoms with Crippen LogP contribution in [0.4, 0.5) is 0 Å². The van der Waals surface area contributed by atoms with E-state index in [1.807, 2.05) is 0 Å². The molecule has 0 radical (unpaired) electrons. The van der Waals surface area contributed by atoms with E-state index in [9.17, 15) is 4.79 Å². The second-order valence-electron chi connectivity index (χ2n) is 6.12. The van der Waals surface area contributed by atoms with Gasteiger partial charge in [0.2, 0.25) is 0 Å². The third-order valence-corrected chi connectivity index (χ3v) is 3.56. The number of allylic oxidation sites excluding steroid dienone is 10. The molecule has 1 atom stereocenters. The van der Waals surface area contributed by atoms with E-state index < -0.39 is 12.7 Å². The van der Waals surface area contributed by atoms with Crippen LogP contribution in [0.15, 0.2) is 60.8 Å². The minimum absolute atomic E-state index is 0.142. The Kier molecular flexibility index (Phi) is 19.0. The lowest BCUT2D eigenvalue weighted by Gasteiger charge is -2.07. The smallest absolute Gasteiger partial charge is 0.305 e. The van der Waals surface area contributed by atoms with E-state index in [4.69, 9.17) is 14.9 Å². The van der Waals surface area contributed by atoms with Gasteiger partial charge in [-0.25, -0.2) is 0 Å². The lowest BCUT2D eigenvalue weighted by atomic mass is 10.2. The third kappa shape index (κ3) is 20.3. The summed E-state index contributed by atoms with van der Waals surface area (Å²) >= 11 is 0. The molecular weight excluding hydrogens is 340 g/mol. The number of aliphatic hydroxyl groups is 2. The van der Waals surface area contributed by atoms with E-state index >= 15 is 0 Å². The zero-order valence-electron chi connectivity index (χ0n) is 16.6. The first-order chi connectivity index (χ1) is 13.2. The van der Waals surface area contributed by atoms with E-state index in [0.29, 0.717) is 6.42 Å². The molecule has 0 aromatic rings. The largest absolute Gasteiger partial charge is 0.463 e. The van der Waals surface area contributed by atoms with Crippen molar-refractivity contribution in [2.75, 3.05) is 13.2 Å². The van der Waals surface area contributed by atoms with Crippen molar-refractivity contribution in [1.82, 2.24) is 0 Å². The van der Waals surface area contributed by atoms with Crippen LogP contribution in [-0.4, -0.2) is 35.5 Å². The second kappa shape index (κ2) is 20.4. The zero-order chi connectivity index (χ0) is 20.0. The van der Waals surface area contributed by atoms with Gasteiger partial charge in [0.15, 0.2) is 0 Å². The van der Waals surface area contributed by atoms with E-state index in [1.165, 1.54) is 0 Å². The van der Waals surface area contributed by atoms with Gasteiger partial charge in [-0.2, -0.15) is 0 Å². The number of ether oxygens (including phenoxy) is 1. The molecule has 0 saturated carbocycles. The summed E-state index contributed by atoms with van der Waals surface area (Å²) in [5, 5.41) is 17.7. The van der Waals surface area contributed by atoms with Gasteiger partial charge >= 0.3 is 5.97 Å². The highest BCUT2D eigenvalue weighted by Crippen LogP contribution is 2.01. The van der Waals surface area contributed by atoms with E-state index in [1.54, 1.807) is 0 Å². The van der Waals surface area contributed by atoms with Gasteiger partial charge in [-0.3, -0.25) is 4.79 Å². The second-order valence-corrected chi connectivity index (χ2v) is 6.12. The number of unbranched alkanes of at least 4 members (excludes halogenated alkanes) is 1. The monoisotopic (exact) mass is 376 g/mol. The molecule has 152 valence electrons. The molecule has 0 aromatic carbocycles. The van der Waals surface area contributed by atoms with Crippen LogP contribution in [0.1, 0.15) is 58.3 Å². The fourth-order valence-corrected chi connectivity index (χ4v) is 2.05. The van der Waals surface area contributed by atoms with Crippen molar-refractivity contribution in [2.45, 2.75) is 64.4 Å². The van der Waals surface area contributed by atoms with Crippen LogP contribution in [-0.2, 0) is 9.53 Å². The Balaban J connectivity index is 3.53. The molecule has 0 amide bonds. The van der Waals surface area contributed by atoms with Crippen molar-refractivity contribution < 1.29 is 19.7 Å². The quantitative estimate of drug-likeness (QED) is 0.231. The molecule has 4 heteroatoms. The number of hydrogen-bond donors (Lipinski definition) is 2. The summed E-state index contributed by atoms with van der Waals surface area (Å²) < 4.78 is 4.83. The van der Waals surface area contributed by atoms with Gasteiger partial charge in [0, 0.05) is 6.42 Å². The first-order valence-corrected chi connectivity index (χ1v) is 9.90. The van der Waals surface area contributed by atoms with Gasteiger partial charge in [0.1, 0.15) is 12.7 Å². The highest BCUT2D eigenvalue weighted by Gasteiger charge is 2.06. The summed E-state index contributed by atoms with van der Waals surface area (Å²) in [5.41, 5.74) is 0. The Labute approximate surface area is 164 Å². The Morgan fingerprint density at radius 3 is 1.81 bits per heavy atom. The Bertz CT molecular complexity index is 487. The van der Waals surface area contributed by atoms with Gasteiger partial charge < -0.3 is 14.9 Å². The number of carbonyl (C=O) groups is 1. The Hall–Kier alpha value is -1.91. The number of rotatable bonds is 16. The molecule has 1 unspecified atom stereocenters. The summed E-state index contributed by atoms with van der Waals surface area (Å²) in [6, 6.07) is 0. The predicted octanol–water partition coefficient (Wildman–Crippen LogP) is 4.80. The van der Waals surface area contributed by atoms with Gasteiger partial charge in [0.25, 0.3) is 0 Å². The van der Waals surface area contributed by atoms with Crippen LogP contribution < -0.4 is 0 Å². The fraction of sp³-hybridized carbons (Fsp3) is 0.522. The maximum atomic E-state index is 11.4. The average Bonchev–Trinajstić information content (AvgIpc) is 2.68. The molecule has 0 spiro atoms. The summed E-state index contributed by atoms with van der Waals surface area (Å²) in [7, 11) is 0. The molecule has 2 N–H and O–H groups in total. The number of hydrogen-bond acceptors (Lipinski definition) is 4. The van der Waals surface area contributed by atoms with E-state index in [2.05, 4.69) is 67.7 Å². The predicted molar refractivity (Wildman–Crippen MR) is 112 cm³/mol. The molecule has 0 heterocycles. The van der Waals surface area contributed by atoms with Crippen molar-refractivity contribution in [3.8, 4) is 0 Å². The van der Waals surface area contributed by atoms with Gasteiger partial charge in [-0.1, -0.05) is 67.7 Å². The molecule has 27 heavy (non-hydrogen) atoms. The molecule has 0 saturated heterocycles. The van der Waals surface area contributed by atoms with Gasteiger partial charge in [0.05, 0.1) is 6.61 Å². The van der Waals surface area contributed by atoms with Crippen molar-refractivity contribution in [2.24, 2.45) is 0 Å². The van der Waals surface area contributed by atoms with Crippen LogP contribution in [0.5, 0.6) is 0 Å². The number of esters is 1. The Morgan fingerprint density at radius 1 is 0.852 bits per heavy atom. The minimum Gasteiger partial charge on any atom is -0.463 e. The maximum absolute atomic E-state index is 11.4. The molecule has 0 rings (SSSR count). The van der Waals surface area contributed by atoms with Gasteiger partial charge in [-0.05, 0) is 44.9 Å². The standard InChI is InChI=1S/C23H36O4/c1-2-3-4-5-6-7-8-9-10-11-12-13-14-15-16-17-18-19-23(26)27-21-22(25)20-24/h3-4,6-7,9-10,12-13,15-16,22,24-25H,2,5,8,11,14,17-21H2,1H3/b4-3+,7-6+,10-9-,13-12+,16-15+. The topological polar surface area (TPSA) is 66.8 Å². The van der Waals surface area contributed by atoms with E-state index in [0.717, 1.165) is 44.9 Å². The molecular formula is C23H36O4. The van der Waals surface area contributed by atoms with Crippen molar-refractivity contribution in [3.05, 3.63) is 60.8 Å². The summed E-state index contributed by atoms with van der Waals surface area (Å²) in [4.78, 5) is 11.4. The first-order valence-electron chi connectivity index (χ1n) is 9.90. The highest BCUT2D eigenvalue weighted by atomic mass is 16.5. The molecule has 0 fully saturated rings. The SMILES string of the molecule is CC/C=C/C/C=C/C/C=C\C/C=C/C/C=C/CCCC(=O)OCC(O)CO. The fourth-order valence-electron chi connectivity index (χ4n) is 2.05. The van der Waals surface area contributed by atoms with E-state index in [-0.39, 0.29) is 12.6 Å². The van der Waals surface area contributed by atoms with Crippen molar-refractivity contribution >= 4 is 5.97 Å². The highest BCUT2D eigenvalue weighted by molar-refractivity contribution is 5.69. The molecule has 4 nitrogen and oxygen atoms in total. The maximum Gasteiger partial charge on any atom is 0.305 e. The number of carbonyl (C=O) groups excluding carboxylic acids is 1. The van der Waals surface area contributed by atoms with Crippen LogP contribution in [0, 0.1) is 0 Å². The number of aliphatic hydroxyl groups excluding tert-OH is 2. The van der Waals surface area contributed by atoms with Crippen molar-refractivity contribution in [1.29, 1.82) is 0 Å². The summed E-state index contributed by atoms with van der Waals surface area (Å²) in [6.07, 6.45) is 27.4. The van der Waals surface area contributed by atoms with Crippen LogP contribution in [0.2, 0.25) is 0 Å². The van der Waals surface area contributed by atoms with Crippen LogP contribution >= 0.6 is 0 Å². The zero-order valence-corrected chi connectivity index (χ0v) is 16.6. The molecule has 0 aliphatic rings. The minimum atomic E-state index is -0.986. The van der Waals surface area contributed by atoms with Crippen molar-refractivity contribution in [3.63, 3.8) is 0 Å². The molecule has 0 aromatic heterocycles. The molecule has 0 bridgehead atoms. The lowest BCUT2D eigenvalue weighted by molar-refractivity contribution is -0.147. The first kappa shape index (κ1) is 25.1. The van der Waals surface area contributed by atoms with Gasteiger partial charge in [-0.15, -0.1) is 0 Å². The summed E-state index contributed by atoms with van der Waals surface area (Å²) in [5.74, 6) is -0.338. The lowest BCUT2D eigenvalue weighted by Crippen LogP contribution is -2.21. The normalized spacial score (nSPS) is 13.7. The molecule has 0 aliphatic carbocycles. The average molecular weight is 377 g/mol. The third-order valence-electron chi connectivity index (χ3n) is 3.56. The summed E-state index contributed by atoms with van der Waals surface area (Å²) in [6.45, 7) is 1.60. The Morgan fingerprint density at radius 2 is 1.33 bits per heavy atom. The molecule has 0 aliphatic heterocycles. The van der Waals surface area contributed by atoms with Crippen LogP contribution in [0.25, 0.3) is 0 Å².